The van der Waals surface area contributed by atoms with Gasteiger partial charge in [-0.1, -0.05) is 35.9 Å². The van der Waals surface area contributed by atoms with Crippen LogP contribution in [0, 0.1) is 12.7 Å². The second-order valence-electron chi connectivity index (χ2n) is 5.00. The van der Waals surface area contributed by atoms with Gasteiger partial charge in [0.2, 0.25) is 5.91 Å². The van der Waals surface area contributed by atoms with E-state index in [0.29, 0.717) is 23.6 Å². The fraction of sp³-hybridized carbons (Fsp3) is 0.235. The van der Waals surface area contributed by atoms with Gasteiger partial charge >= 0.3 is 0 Å². The summed E-state index contributed by atoms with van der Waals surface area (Å²) in [4.78, 5) is 11.8. The molecule has 0 spiro atoms. The highest BCUT2D eigenvalue weighted by molar-refractivity contribution is 6.30. The highest BCUT2D eigenvalue weighted by Gasteiger charge is 2.05. The lowest BCUT2D eigenvalue weighted by molar-refractivity contribution is -0.121. The van der Waals surface area contributed by atoms with E-state index in [1.165, 1.54) is 6.07 Å². The van der Waals surface area contributed by atoms with Crippen LogP contribution in [0.25, 0.3) is 0 Å². The molecule has 2 rings (SSSR count). The first-order chi connectivity index (χ1) is 10.6. The van der Waals surface area contributed by atoms with E-state index < -0.39 is 0 Å². The summed E-state index contributed by atoms with van der Waals surface area (Å²) >= 11 is 5.94. The van der Waals surface area contributed by atoms with Gasteiger partial charge in [-0.15, -0.1) is 0 Å². The van der Waals surface area contributed by atoms with E-state index in [9.17, 15) is 9.18 Å². The van der Waals surface area contributed by atoms with Crippen molar-refractivity contribution in [3.05, 3.63) is 64.4 Å². The molecule has 2 aromatic carbocycles. The Morgan fingerprint density at radius 3 is 2.77 bits per heavy atom. The fourth-order valence-corrected chi connectivity index (χ4v) is 2.19. The van der Waals surface area contributed by atoms with E-state index >= 15 is 0 Å². The summed E-state index contributed by atoms with van der Waals surface area (Å²) in [7, 11) is 0. The van der Waals surface area contributed by atoms with Crippen molar-refractivity contribution < 1.29 is 9.18 Å². The van der Waals surface area contributed by atoms with Crippen molar-refractivity contribution in [1.82, 2.24) is 5.32 Å². The van der Waals surface area contributed by atoms with Gasteiger partial charge in [0, 0.05) is 35.8 Å². The van der Waals surface area contributed by atoms with E-state index in [4.69, 9.17) is 11.6 Å². The van der Waals surface area contributed by atoms with Crippen molar-refractivity contribution in [3.63, 3.8) is 0 Å². The first-order valence-electron chi connectivity index (χ1n) is 7.06. The van der Waals surface area contributed by atoms with Crippen LogP contribution in [-0.2, 0) is 11.3 Å². The second kappa shape index (κ2) is 7.80. The van der Waals surface area contributed by atoms with Crippen LogP contribution in [-0.4, -0.2) is 12.5 Å². The number of aryl methyl sites for hydroxylation is 1. The topological polar surface area (TPSA) is 41.1 Å². The highest BCUT2D eigenvalue weighted by Crippen LogP contribution is 2.19. The van der Waals surface area contributed by atoms with E-state index in [-0.39, 0.29) is 18.3 Å². The molecule has 0 heterocycles. The Morgan fingerprint density at radius 1 is 1.23 bits per heavy atom. The minimum absolute atomic E-state index is 0.129. The Labute approximate surface area is 134 Å². The SMILES string of the molecule is Cc1ccc(Cl)cc1NCCC(=O)NCc1ccccc1F. The van der Waals surface area contributed by atoms with Crippen LogP contribution in [0.3, 0.4) is 0 Å². The third-order valence-electron chi connectivity index (χ3n) is 3.30. The molecule has 0 saturated heterocycles. The number of hydrogen-bond donors (Lipinski definition) is 2. The summed E-state index contributed by atoms with van der Waals surface area (Å²) in [5.74, 6) is -0.439. The van der Waals surface area contributed by atoms with Gasteiger partial charge in [-0.25, -0.2) is 4.39 Å². The predicted molar refractivity (Wildman–Crippen MR) is 87.5 cm³/mol. The van der Waals surface area contributed by atoms with Gasteiger partial charge in [0.25, 0.3) is 0 Å². The molecule has 3 nitrogen and oxygen atoms in total. The molecule has 0 atom stereocenters. The average Bonchev–Trinajstić information content (AvgIpc) is 2.50. The molecule has 2 N–H and O–H groups in total. The Balaban J connectivity index is 1.76. The van der Waals surface area contributed by atoms with Gasteiger partial charge in [0.1, 0.15) is 5.82 Å². The summed E-state index contributed by atoms with van der Waals surface area (Å²) < 4.78 is 13.4. The molecule has 5 heteroatoms. The van der Waals surface area contributed by atoms with Gasteiger partial charge in [-0.05, 0) is 30.7 Å². The molecule has 0 aromatic heterocycles. The third kappa shape index (κ3) is 4.74. The Hall–Kier alpha value is -2.07. The van der Waals surface area contributed by atoms with Crippen LogP contribution in [0.15, 0.2) is 42.5 Å². The molecule has 0 fully saturated rings. The summed E-state index contributed by atoms with van der Waals surface area (Å²) in [6.45, 7) is 2.66. The molecule has 22 heavy (non-hydrogen) atoms. The monoisotopic (exact) mass is 320 g/mol. The minimum atomic E-state index is -0.310. The number of anilines is 1. The van der Waals surface area contributed by atoms with Crippen molar-refractivity contribution >= 4 is 23.2 Å². The fourth-order valence-electron chi connectivity index (χ4n) is 2.02. The standard InChI is InChI=1S/C17H18ClFN2O/c1-12-6-7-14(18)10-16(12)20-9-8-17(22)21-11-13-4-2-3-5-15(13)19/h2-7,10,20H,8-9,11H2,1H3,(H,21,22). The zero-order valence-corrected chi connectivity index (χ0v) is 13.1. The maximum atomic E-state index is 13.4. The molecular weight excluding hydrogens is 303 g/mol. The van der Waals surface area contributed by atoms with Gasteiger partial charge in [0.05, 0.1) is 0 Å². The average molecular weight is 321 g/mol. The van der Waals surface area contributed by atoms with Crippen molar-refractivity contribution in [2.75, 3.05) is 11.9 Å². The van der Waals surface area contributed by atoms with Gasteiger partial charge in [-0.3, -0.25) is 4.79 Å². The Morgan fingerprint density at radius 2 is 2.00 bits per heavy atom. The molecule has 116 valence electrons. The number of rotatable bonds is 6. The maximum absolute atomic E-state index is 13.4. The van der Waals surface area contributed by atoms with Gasteiger partial charge in [-0.2, -0.15) is 0 Å². The van der Waals surface area contributed by atoms with Crippen molar-refractivity contribution in [1.29, 1.82) is 0 Å². The molecule has 0 radical (unpaired) electrons. The number of hydrogen-bond acceptors (Lipinski definition) is 2. The molecule has 1 amide bonds. The smallest absolute Gasteiger partial charge is 0.222 e. The zero-order valence-electron chi connectivity index (χ0n) is 12.3. The zero-order chi connectivity index (χ0) is 15.9. The molecule has 0 aliphatic carbocycles. The van der Waals surface area contributed by atoms with E-state index in [2.05, 4.69) is 10.6 Å². The van der Waals surface area contributed by atoms with Crippen LogP contribution in [0.1, 0.15) is 17.5 Å². The van der Waals surface area contributed by atoms with Crippen LogP contribution >= 0.6 is 11.6 Å². The highest BCUT2D eigenvalue weighted by atomic mass is 35.5. The number of nitrogens with one attached hydrogen (secondary N) is 2. The largest absolute Gasteiger partial charge is 0.384 e. The van der Waals surface area contributed by atoms with Crippen LogP contribution in [0.2, 0.25) is 5.02 Å². The van der Waals surface area contributed by atoms with Gasteiger partial charge < -0.3 is 10.6 Å². The lowest BCUT2D eigenvalue weighted by Gasteiger charge is -2.10. The molecule has 0 aliphatic heterocycles. The van der Waals surface area contributed by atoms with Crippen LogP contribution in [0.5, 0.6) is 0 Å². The number of benzene rings is 2. The lowest BCUT2D eigenvalue weighted by atomic mass is 10.2. The van der Waals surface area contributed by atoms with Crippen LogP contribution in [0.4, 0.5) is 10.1 Å². The number of carbonyl (C=O) groups excluding carboxylic acids is 1. The molecule has 2 aromatic rings. The number of halogens is 2. The molecule has 0 saturated carbocycles. The summed E-state index contributed by atoms with van der Waals surface area (Å²) in [5.41, 5.74) is 2.46. The Bertz CT molecular complexity index is 661. The van der Waals surface area contributed by atoms with Crippen molar-refractivity contribution in [2.45, 2.75) is 19.9 Å². The normalized spacial score (nSPS) is 10.3. The summed E-state index contributed by atoms with van der Waals surface area (Å²) in [6.07, 6.45) is 0.306. The quantitative estimate of drug-likeness (QED) is 0.847. The predicted octanol–water partition coefficient (Wildman–Crippen LogP) is 3.91. The number of amides is 1. The third-order valence-corrected chi connectivity index (χ3v) is 3.54. The van der Waals surface area contributed by atoms with E-state index in [1.807, 2.05) is 25.1 Å². The second-order valence-corrected chi connectivity index (χ2v) is 5.44. The molecule has 0 aliphatic rings. The molecule has 0 bridgehead atoms. The van der Waals surface area contributed by atoms with Gasteiger partial charge in [0.15, 0.2) is 0 Å². The van der Waals surface area contributed by atoms with Crippen LogP contribution < -0.4 is 10.6 Å². The van der Waals surface area contributed by atoms with E-state index in [0.717, 1.165) is 11.3 Å². The minimum Gasteiger partial charge on any atom is -0.384 e. The molecule has 0 unspecified atom stereocenters. The first-order valence-corrected chi connectivity index (χ1v) is 7.44. The molecular formula is C17H18ClFN2O. The Kier molecular flexibility index (Phi) is 5.78. The maximum Gasteiger partial charge on any atom is 0.222 e. The van der Waals surface area contributed by atoms with Crippen molar-refractivity contribution in [3.8, 4) is 0 Å². The van der Waals surface area contributed by atoms with Crippen molar-refractivity contribution in [2.24, 2.45) is 0 Å². The summed E-state index contributed by atoms with van der Waals surface area (Å²) in [6, 6.07) is 12.0. The lowest BCUT2D eigenvalue weighted by Crippen LogP contribution is -2.25. The summed E-state index contributed by atoms with van der Waals surface area (Å²) in [5, 5.41) is 6.53. The van der Waals surface area contributed by atoms with E-state index in [1.54, 1.807) is 18.2 Å². The first kappa shape index (κ1) is 16.3. The number of carbonyl (C=O) groups is 1.